The summed E-state index contributed by atoms with van der Waals surface area (Å²) >= 11 is 2.35. The van der Waals surface area contributed by atoms with Crippen LogP contribution in [0.4, 0.5) is 0 Å². The Labute approximate surface area is 110 Å². The number of hydrogen-bond donors (Lipinski definition) is 0. The third-order valence-corrected chi connectivity index (χ3v) is 3.03. The molecule has 16 heavy (non-hydrogen) atoms. The molecule has 0 N–H and O–H groups in total. The van der Waals surface area contributed by atoms with Crippen molar-refractivity contribution in [1.82, 2.24) is 0 Å². The highest BCUT2D eigenvalue weighted by Gasteiger charge is 1.99. The molecule has 0 bridgehead atoms. The number of rotatable bonds is 7. The summed E-state index contributed by atoms with van der Waals surface area (Å²) in [7, 11) is 1.65. The van der Waals surface area contributed by atoms with E-state index in [0.717, 1.165) is 10.2 Å². The van der Waals surface area contributed by atoms with Crippen molar-refractivity contribution in [2.24, 2.45) is 0 Å². The fourth-order valence-corrected chi connectivity index (χ4v) is 2.01. The number of ether oxygens (including phenoxy) is 3. The Morgan fingerprint density at radius 3 is 2.75 bits per heavy atom. The summed E-state index contributed by atoms with van der Waals surface area (Å²) in [5.41, 5.74) is 2.59. The summed E-state index contributed by atoms with van der Waals surface area (Å²) in [5, 5.41) is 0. The van der Waals surface area contributed by atoms with Crippen molar-refractivity contribution in [3.8, 4) is 5.75 Å². The maximum atomic E-state index is 5.47. The Morgan fingerprint density at radius 2 is 2.06 bits per heavy atom. The van der Waals surface area contributed by atoms with Crippen LogP contribution in [0.15, 0.2) is 18.2 Å². The van der Waals surface area contributed by atoms with Gasteiger partial charge in [-0.05, 0) is 30.2 Å². The summed E-state index contributed by atoms with van der Waals surface area (Å²) in [6, 6.07) is 6.09. The Morgan fingerprint density at radius 1 is 1.25 bits per heavy atom. The smallest absolute Gasteiger partial charge is 0.189 e. The van der Waals surface area contributed by atoms with E-state index in [1.54, 1.807) is 7.11 Å². The first-order valence-corrected chi connectivity index (χ1v) is 6.65. The van der Waals surface area contributed by atoms with E-state index in [-0.39, 0.29) is 6.79 Å². The second-order valence-electron chi connectivity index (χ2n) is 3.39. The van der Waals surface area contributed by atoms with E-state index in [1.807, 2.05) is 6.07 Å². The van der Waals surface area contributed by atoms with Crippen molar-refractivity contribution in [3.63, 3.8) is 0 Å². The lowest BCUT2D eigenvalue weighted by Gasteiger charge is -2.09. The van der Waals surface area contributed by atoms with Gasteiger partial charge in [-0.15, -0.1) is 0 Å². The van der Waals surface area contributed by atoms with Gasteiger partial charge < -0.3 is 14.2 Å². The van der Waals surface area contributed by atoms with Gasteiger partial charge in [0.25, 0.3) is 0 Å². The van der Waals surface area contributed by atoms with E-state index < -0.39 is 0 Å². The van der Waals surface area contributed by atoms with Crippen molar-refractivity contribution in [2.45, 2.75) is 11.4 Å². The van der Waals surface area contributed by atoms with Gasteiger partial charge in [0.05, 0.1) is 13.2 Å². The van der Waals surface area contributed by atoms with Crippen molar-refractivity contribution in [3.05, 3.63) is 29.3 Å². The van der Waals surface area contributed by atoms with Crippen molar-refractivity contribution in [1.29, 1.82) is 0 Å². The van der Waals surface area contributed by atoms with Crippen molar-refractivity contribution < 1.29 is 14.2 Å². The molecule has 0 atom stereocenters. The molecule has 0 fully saturated rings. The molecule has 1 aromatic rings. The fraction of sp³-hybridized carbons (Fsp3) is 0.500. The largest absolute Gasteiger partial charge is 0.468 e. The number of hydrogen-bond acceptors (Lipinski definition) is 3. The van der Waals surface area contributed by atoms with E-state index >= 15 is 0 Å². The maximum absolute atomic E-state index is 5.47. The minimum atomic E-state index is 0.271. The van der Waals surface area contributed by atoms with E-state index in [4.69, 9.17) is 14.2 Å². The summed E-state index contributed by atoms with van der Waals surface area (Å²) < 4.78 is 16.6. The Kier molecular flexibility index (Phi) is 6.75. The third kappa shape index (κ3) is 4.67. The monoisotopic (exact) mass is 336 g/mol. The summed E-state index contributed by atoms with van der Waals surface area (Å²) in [5.74, 6) is 0.856. The van der Waals surface area contributed by atoms with Gasteiger partial charge in [0.15, 0.2) is 6.79 Å². The SMILES string of the molecule is COCCOCOc1ccc(C)c(CI)c1. The zero-order chi connectivity index (χ0) is 11.8. The lowest BCUT2D eigenvalue weighted by molar-refractivity contribution is -0.00849. The molecule has 1 rings (SSSR count). The van der Waals surface area contributed by atoms with Gasteiger partial charge in [0.2, 0.25) is 0 Å². The van der Waals surface area contributed by atoms with Crippen LogP contribution in [0.1, 0.15) is 11.1 Å². The molecule has 0 aromatic heterocycles. The predicted molar refractivity (Wildman–Crippen MR) is 72.2 cm³/mol. The van der Waals surface area contributed by atoms with Gasteiger partial charge in [0, 0.05) is 11.5 Å². The molecule has 0 saturated heterocycles. The highest BCUT2D eigenvalue weighted by Crippen LogP contribution is 2.19. The van der Waals surface area contributed by atoms with Gasteiger partial charge in [-0.1, -0.05) is 28.7 Å². The van der Waals surface area contributed by atoms with Crippen LogP contribution in [-0.2, 0) is 13.9 Å². The first kappa shape index (κ1) is 13.7. The second-order valence-corrected chi connectivity index (χ2v) is 4.15. The van der Waals surface area contributed by atoms with Crippen LogP contribution in [0.25, 0.3) is 0 Å². The molecule has 0 spiro atoms. The molecule has 0 unspecified atom stereocenters. The maximum Gasteiger partial charge on any atom is 0.189 e. The first-order chi connectivity index (χ1) is 7.77. The molecule has 0 aliphatic rings. The molecule has 0 aliphatic heterocycles. The van der Waals surface area contributed by atoms with Crippen LogP contribution in [-0.4, -0.2) is 27.1 Å². The molecule has 0 amide bonds. The van der Waals surface area contributed by atoms with Crippen LogP contribution < -0.4 is 4.74 Å². The highest BCUT2D eigenvalue weighted by atomic mass is 127. The van der Waals surface area contributed by atoms with Gasteiger partial charge in [-0.25, -0.2) is 0 Å². The molecule has 90 valence electrons. The van der Waals surface area contributed by atoms with E-state index in [2.05, 4.69) is 41.6 Å². The van der Waals surface area contributed by atoms with Gasteiger partial charge in [-0.2, -0.15) is 0 Å². The predicted octanol–water partition coefficient (Wildman–Crippen LogP) is 2.93. The quantitative estimate of drug-likeness (QED) is 0.332. The molecule has 1 aromatic carbocycles. The highest BCUT2D eigenvalue weighted by molar-refractivity contribution is 14.1. The lowest BCUT2D eigenvalue weighted by atomic mass is 10.1. The van der Waals surface area contributed by atoms with Crippen LogP contribution in [0.5, 0.6) is 5.75 Å². The topological polar surface area (TPSA) is 27.7 Å². The molecule has 4 heteroatoms. The average Bonchev–Trinajstić information content (AvgIpc) is 2.31. The minimum absolute atomic E-state index is 0.271. The number of benzene rings is 1. The van der Waals surface area contributed by atoms with Crippen LogP contribution in [0.2, 0.25) is 0 Å². The number of aryl methyl sites for hydroxylation is 1. The molecule has 0 heterocycles. The average molecular weight is 336 g/mol. The molecule has 0 aliphatic carbocycles. The molecule has 0 radical (unpaired) electrons. The summed E-state index contributed by atoms with van der Waals surface area (Å²) in [6.07, 6.45) is 0. The fourth-order valence-electron chi connectivity index (χ4n) is 1.19. The lowest BCUT2D eigenvalue weighted by Crippen LogP contribution is -2.07. The number of halogens is 1. The minimum Gasteiger partial charge on any atom is -0.468 e. The summed E-state index contributed by atoms with van der Waals surface area (Å²) in [4.78, 5) is 0. The normalized spacial score (nSPS) is 10.4. The van der Waals surface area contributed by atoms with E-state index in [0.29, 0.717) is 13.2 Å². The molecular weight excluding hydrogens is 319 g/mol. The van der Waals surface area contributed by atoms with Crippen molar-refractivity contribution >= 4 is 22.6 Å². The van der Waals surface area contributed by atoms with Crippen molar-refractivity contribution in [2.75, 3.05) is 27.1 Å². The molecular formula is C12H17IO3. The van der Waals surface area contributed by atoms with Gasteiger partial charge in [-0.3, -0.25) is 0 Å². The molecule has 3 nitrogen and oxygen atoms in total. The van der Waals surface area contributed by atoms with Gasteiger partial charge in [0.1, 0.15) is 5.75 Å². The molecule has 0 saturated carbocycles. The van der Waals surface area contributed by atoms with Crippen LogP contribution in [0, 0.1) is 6.92 Å². The summed E-state index contributed by atoms with van der Waals surface area (Å²) in [6.45, 7) is 3.53. The Balaban J connectivity index is 2.36. The first-order valence-electron chi connectivity index (χ1n) is 5.13. The Bertz CT molecular complexity index is 315. The van der Waals surface area contributed by atoms with E-state index in [1.165, 1.54) is 11.1 Å². The number of alkyl halides is 1. The van der Waals surface area contributed by atoms with Gasteiger partial charge >= 0.3 is 0 Å². The zero-order valence-electron chi connectivity index (χ0n) is 9.66. The second kappa shape index (κ2) is 7.86. The zero-order valence-corrected chi connectivity index (χ0v) is 11.8. The Hall–Kier alpha value is -0.330. The number of methoxy groups -OCH3 is 1. The van der Waals surface area contributed by atoms with Crippen LogP contribution >= 0.6 is 22.6 Å². The third-order valence-electron chi connectivity index (χ3n) is 2.21. The van der Waals surface area contributed by atoms with Crippen LogP contribution in [0.3, 0.4) is 0 Å². The van der Waals surface area contributed by atoms with E-state index in [9.17, 15) is 0 Å². The standard InChI is InChI=1S/C12H17IO3/c1-10-3-4-12(7-11(10)8-13)16-9-15-6-5-14-2/h3-4,7H,5-6,8-9H2,1-2H3.